The molecule has 0 heterocycles. The van der Waals surface area contributed by atoms with E-state index in [4.69, 9.17) is 16.3 Å². The third-order valence-electron chi connectivity index (χ3n) is 2.37. The Morgan fingerprint density at radius 3 is 2.56 bits per heavy atom. The second kappa shape index (κ2) is 7.76. The molecule has 0 unspecified atom stereocenters. The Bertz CT molecular complexity index is 514. The van der Waals surface area contributed by atoms with E-state index in [1.54, 1.807) is 0 Å². The zero-order chi connectivity index (χ0) is 12.3. The molecule has 0 aliphatic rings. The van der Waals surface area contributed by atoms with Crippen molar-refractivity contribution in [2.45, 2.75) is 13.5 Å². The molecular formula is C14H11ClFORb. The monoisotopic (exact) mass is 334 g/mol. The first-order chi connectivity index (χ1) is 8.16. The first kappa shape index (κ1) is 16.3. The van der Waals surface area contributed by atoms with Crippen molar-refractivity contribution in [3.8, 4) is 5.75 Å². The summed E-state index contributed by atoms with van der Waals surface area (Å²) in [7, 11) is 0. The SMILES string of the molecule is Cc1ccc(COc2cc[c-]c(Cl)c2F)cc1.[Rb+]. The maximum absolute atomic E-state index is 13.5. The van der Waals surface area contributed by atoms with Gasteiger partial charge in [0.2, 0.25) is 0 Å². The first-order valence-corrected chi connectivity index (χ1v) is 5.58. The summed E-state index contributed by atoms with van der Waals surface area (Å²) in [6, 6.07) is 13.5. The van der Waals surface area contributed by atoms with Gasteiger partial charge in [-0.2, -0.15) is 12.1 Å². The maximum Gasteiger partial charge on any atom is 1.00 e. The Morgan fingerprint density at radius 1 is 1.22 bits per heavy atom. The summed E-state index contributed by atoms with van der Waals surface area (Å²) in [5.41, 5.74) is 2.16. The van der Waals surface area contributed by atoms with Gasteiger partial charge in [0, 0.05) is 5.75 Å². The fraction of sp³-hybridized carbons (Fsp3) is 0.143. The van der Waals surface area contributed by atoms with Gasteiger partial charge in [-0.05, 0) is 17.5 Å². The van der Waals surface area contributed by atoms with Crippen LogP contribution in [0.5, 0.6) is 5.75 Å². The minimum Gasteiger partial charge on any atom is -0.511 e. The molecule has 0 aromatic heterocycles. The standard InChI is InChI=1S/C14H11ClFO.Rb/c1-10-5-7-11(8-6-10)9-17-13-4-2-3-12(15)14(13)16;/h2,4-8H,9H2,1H3;/q-1;+1. The summed E-state index contributed by atoms with van der Waals surface area (Å²) >= 11 is 5.61. The normalized spacial score (nSPS) is 9.72. The van der Waals surface area contributed by atoms with E-state index in [2.05, 4.69) is 6.07 Å². The predicted molar refractivity (Wildman–Crippen MR) is 65.8 cm³/mol. The molecule has 0 aliphatic heterocycles. The minimum atomic E-state index is -0.568. The summed E-state index contributed by atoms with van der Waals surface area (Å²) in [4.78, 5) is 0. The Hall–Kier alpha value is 0.265. The van der Waals surface area contributed by atoms with Gasteiger partial charge in [0.1, 0.15) is 6.61 Å². The molecule has 0 radical (unpaired) electrons. The number of aryl methyl sites for hydroxylation is 1. The fourth-order valence-corrected chi connectivity index (χ4v) is 1.55. The van der Waals surface area contributed by atoms with E-state index in [0.717, 1.165) is 5.56 Å². The molecule has 2 aromatic rings. The summed E-state index contributed by atoms with van der Waals surface area (Å²) in [6.07, 6.45) is 0. The van der Waals surface area contributed by atoms with Gasteiger partial charge in [0.05, 0.1) is 5.82 Å². The summed E-state index contributed by atoms with van der Waals surface area (Å²) in [5, 5.41) is -0.0496. The zero-order valence-corrected chi connectivity index (χ0v) is 16.0. The van der Waals surface area contributed by atoms with Crippen molar-refractivity contribution in [3.05, 3.63) is 64.4 Å². The summed E-state index contributed by atoms with van der Waals surface area (Å²) in [5.74, 6) is -0.421. The van der Waals surface area contributed by atoms with E-state index in [0.29, 0.717) is 6.61 Å². The molecule has 18 heavy (non-hydrogen) atoms. The van der Waals surface area contributed by atoms with Gasteiger partial charge in [-0.3, -0.25) is 4.39 Å². The van der Waals surface area contributed by atoms with E-state index in [-0.39, 0.29) is 69.0 Å². The Labute approximate surface area is 160 Å². The predicted octanol–water partition coefficient (Wildman–Crippen LogP) is 1.17. The third-order valence-corrected chi connectivity index (χ3v) is 2.64. The smallest absolute Gasteiger partial charge is 0.511 e. The van der Waals surface area contributed by atoms with Crippen LogP contribution in [-0.2, 0) is 6.61 Å². The number of hydrogen-bond acceptors (Lipinski definition) is 1. The van der Waals surface area contributed by atoms with Crippen LogP contribution in [0.1, 0.15) is 11.1 Å². The van der Waals surface area contributed by atoms with E-state index in [1.165, 1.54) is 17.7 Å². The topological polar surface area (TPSA) is 9.23 Å². The van der Waals surface area contributed by atoms with Gasteiger partial charge >= 0.3 is 58.2 Å². The van der Waals surface area contributed by atoms with Gasteiger partial charge in [-0.15, -0.1) is 17.7 Å². The number of rotatable bonds is 3. The Balaban J connectivity index is 0.00000162. The maximum atomic E-state index is 13.5. The van der Waals surface area contributed by atoms with Crippen molar-refractivity contribution in [3.63, 3.8) is 0 Å². The minimum absolute atomic E-state index is 0. The van der Waals surface area contributed by atoms with Gasteiger partial charge in [-0.1, -0.05) is 29.8 Å². The van der Waals surface area contributed by atoms with Gasteiger partial charge in [0.15, 0.2) is 0 Å². The molecule has 0 saturated heterocycles. The van der Waals surface area contributed by atoms with Crippen molar-refractivity contribution in [1.82, 2.24) is 0 Å². The van der Waals surface area contributed by atoms with Gasteiger partial charge in [-0.25, -0.2) is 0 Å². The van der Waals surface area contributed by atoms with Crippen molar-refractivity contribution in [2.24, 2.45) is 0 Å². The second-order valence-corrected chi connectivity index (χ2v) is 4.12. The Morgan fingerprint density at radius 2 is 1.89 bits per heavy atom. The van der Waals surface area contributed by atoms with E-state index in [9.17, 15) is 4.39 Å². The summed E-state index contributed by atoms with van der Waals surface area (Å²) in [6.45, 7) is 2.33. The summed E-state index contributed by atoms with van der Waals surface area (Å²) < 4.78 is 18.8. The van der Waals surface area contributed by atoms with Crippen LogP contribution in [0.15, 0.2) is 36.4 Å². The van der Waals surface area contributed by atoms with Gasteiger partial charge in [0.25, 0.3) is 0 Å². The van der Waals surface area contributed by atoms with E-state index < -0.39 is 5.82 Å². The first-order valence-electron chi connectivity index (χ1n) is 5.21. The van der Waals surface area contributed by atoms with E-state index >= 15 is 0 Å². The molecule has 4 heteroatoms. The van der Waals surface area contributed by atoms with Crippen LogP contribution in [0.25, 0.3) is 0 Å². The zero-order valence-electron chi connectivity index (χ0n) is 10.3. The second-order valence-electron chi connectivity index (χ2n) is 3.74. The molecule has 0 aliphatic carbocycles. The average Bonchev–Trinajstić information content (AvgIpc) is 2.33. The third kappa shape index (κ3) is 4.43. The van der Waals surface area contributed by atoms with Crippen molar-refractivity contribution >= 4 is 11.6 Å². The molecular weight excluding hydrogens is 324 g/mol. The van der Waals surface area contributed by atoms with Crippen LogP contribution in [-0.4, -0.2) is 0 Å². The quantitative estimate of drug-likeness (QED) is 0.766. The van der Waals surface area contributed by atoms with Crippen LogP contribution in [0, 0.1) is 18.8 Å². The van der Waals surface area contributed by atoms with Crippen LogP contribution in [0.2, 0.25) is 5.02 Å². The van der Waals surface area contributed by atoms with E-state index in [1.807, 2.05) is 31.2 Å². The number of ether oxygens (including phenoxy) is 1. The molecule has 0 fully saturated rings. The van der Waals surface area contributed by atoms with Crippen LogP contribution >= 0.6 is 11.6 Å². The molecule has 0 bridgehead atoms. The molecule has 0 N–H and O–H groups in total. The fourth-order valence-electron chi connectivity index (χ4n) is 1.39. The molecule has 0 spiro atoms. The largest absolute Gasteiger partial charge is 1.00 e. The molecule has 0 amide bonds. The van der Waals surface area contributed by atoms with Crippen LogP contribution < -0.4 is 62.9 Å². The van der Waals surface area contributed by atoms with Crippen LogP contribution in [0.3, 0.4) is 0 Å². The van der Waals surface area contributed by atoms with Crippen molar-refractivity contribution in [2.75, 3.05) is 0 Å². The molecule has 1 nitrogen and oxygen atoms in total. The molecule has 2 rings (SSSR count). The number of benzene rings is 2. The van der Waals surface area contributed by atoms with Crippen molar-refractivity contribution < 1.29 is 67.3 Å². The van der Waals surface area contributed by atoms with Crippen molar-refractivity contribution in [1.29, 1.82) is 0 Å². The molecule has 88 valence electrons. The molecule has 2 aromatic carbocycles. The average molecular weight is 335 g/mol. The van der Waals surface area contributed by atoms with Gasteiger partial charge < -0.3 is 4.74 Å². The Kier molecular flexibility index (Phi) is 7.03. The molecule has 0 saturated carbocycles. The number of halogens is 2. The number of hydrogen-bond donors (Lipinski definition) is 0. The van der Waals surface area contributed by atoms with Crippen LogP contribution in [0.4, 0.5) is 4.39 Å². The molecule has 0 atom stereocenters.